The summed E-state index contributed by atoms with van der Waals surface area (Å²) in [7, 11) is 0. The molecule has 0 aromatic carbocycles. The third kappa shape index (κ3) is 6.76. The van der Waals surface area contributed by atoms with Crippen LogP contribution in [0.25, 0.3) is 0 Å². The van der Waals surface area contributed by atoms with Gasteiger partial charge in [-0.1, -0.05) is 13.8 Å². The highest BCUT2D eigenvalue weighted by Gasteiger charge is 2.31. The maximum Gasteiger partial charge on any atom is 0.322 e. The minimum absolute atomic E-state index is 0.268. The van der Waals surface area contributed by atoms with E-state index >= 15 is 0 Å². The molecule has 0 aliphatic rings. The summed E-state index contributed by atoms with van der Waals surface area (Å²) in [4.78, 5) is 33.9. The van der Waals surface area contributed by atoms with Crippen LogP contribution in [0.5, 0.6) is 0 Å². The number of carboxylic acid groups (broad SMARTS) is 1. The first kappa shape index (κ1) is 17.4. The molecule has 7 heteroatoms. The summed E-state index contributed by atoms with van der Waals surface area (Å²) in [6.45, 7) is 6.38. The zero-order valence-electron chi connectivity index (χ0n) is 11.8. The Labute approximate surface area is 112 Å². The molecule has 0 spiro atoms. The van der Waals surface area contributed by atoms with Gasteiger partial charge in [0.05, 0.1) is 6.04 Å². The van der Waals surface area contributed by atoms with Crippen molar-refractivity contribution in [3.05, 3.63) is 0 Å². The van der Waals surface area contributed by atoms with E-state index < -0.39 is 35.9 Å². The fourth-order valence-corrected chi connectivity index (χ4v) is 1.45. The van der Waals surface area contributed by atoms with Crippen LogP contribution in [0.15, 0.2) is 0 Å². The van der Waals surface area contributed by atoms with Crippen molar-refractivity contribution in [1.29, 1.82) is 0 Å². The van der Waals surface area contributed by atoms with Crippen LogP contribution in [0.2, 0.25) is 0 Å². The first-order chi connectivity index (χ1) is 8.56. The maximum atomic E-state index is 11.8. The summed E-state index contributed by atoms with van der Waals surface area (Å²) in [5.74, 6) is -1.87. The predicted octanol–water partition coefficient (Wildman–Crippen LogP) is -0.545. The van der Waals surface area contributed by atoms with Gasteiger partial charge < -0.3 is 21.5 Å². The molecule has 1 atom stereocenters. The highest BCUT2D eigenvalue weighted by Crippen LogP contribution is 2.06. The number of nitrogens with one attached hydrogen (secondary N) is 2. The topological polar surface area (TPSA) is 122 Å². The summed E-state index contributed by atoms with van der Waals surface area (Å²) in [6, 6.07) is -0.688. The van der Waals surface area contributed by atoms with Gasteiger partial charge in [0.2, 0.25) is 11.8 Å². The van der Waals surface area contributed by atoms with Gasteiger partial charge in [0.25, 0.3) is 0 Å². The van der Waals surface area contributed by atoms with Crippen molar-refractivity contribution in [2.75, 3.05) is 6.54 Å². The van der Waals surface area contributed by atoms with Crippen LogP contribution in [0.1, 0.15) is 34.1 Å². The number of carbonyl (C=O) groups is 3. The number of aliphatic carboxylic acids is 1. The molecule has 0 rings (SSSR count). The number of carboxylic acids is 1. The minimum Gasteiger partial charge on any atom is -0.480 e. The van der Waals surface area contributed by atoms with E-state index in [-0.39, 0.29) is 5.92 Å². The van der Waals surface area contributed by atoms with Crippen molar-refractivity contribution in [2.24, 2.45) is 11.7 Å². The van der Waals surface area contributed by atoms with Gasteiger partial charge in [-0.15, -0.1) is 0 Å². The quantitative estimate of drug-likeness (QED) is 0.496. The SMILES string of the molecule is CC(C)C[C@H](N)C(=O)NC(C)(C)C(=O)NCC(=O)O. The number of hydrogen-bond acceptors (Lipinski definition) is 4. The van der Waals surface area contributed by atoms with Crippen LogP contribution >= 0.6 is 0 Å². The number of nitrogens with two attached hydrogens (primary N) is 1. The van der Waals surface area contributed by atoms with Gasteiger partial charge in [-0.05, 0) is 26.2 Å². The van der Waals surface area contributed by atoms with E-state index in [1.807, 2.05) is 13.8 Å². The Morgan fingerprint density at radius 2 is 1.79 bits per heavy atom. The number of rotatable bonds is 7. The average Bonchev–Trinajstić information content (AvgIpc) is 2.23. The van der Waals surface area contributed by atoms with Crippen LogP contribution in [-0.2, 0) is 14.4 Å². The van der Waals surface area contributed by atoms with E-state index in [9.17, 15) is 14.4 Å². The minimum atomic E-state index is -1.21. The Balaban J connectivity index is 4.45. The van der Waals surface area contributed by atoms with Crippen LogP contribution in [-0.4, -0.2) is 41.0 Å². The fourth-order valence-electron chi connectivity index (χ4n) is 1.45. The van der Waals surface area contributed by atoms with E-state index in [0.717, 1.165) is 0 Å². The first-order valence-corrected chi connectivity index (χ1v) is 6.14. The van der Waals surface area contributed by atoms with Gasteiger partial charge in [-0.3, -0.25) is 14.4 Å². The normalized spacial score (nSPS) is 12.9. The Morgan fingerprint density at radius 1 is 1.26 bits per heavy atom. The molecule has 7 nitrogen and oxygen atoms in total. The lowest BCUT2D eigenvalue weighted by Crippen LogP contribution is -2.58. The lowest BCUT2D eigenvalue weighted by atomic mass is 10.0. The molecule has 110 valence electrons. The fraction of sp³-hybridized carbons (Fsp3) is 0.750. The van der Waals surface area contributed by atoms with E-state index in [4.69, 9.17) is 10.8 Å². The summed E-state index contributed by atoms with van der Waals surface area (Å²) in [5, 5.41) is 13.2. The summed E-state index contributed by atoms with van der Waals surface area (Å²) in [5.41, 5.74) is 4.50. The van der Waals surface area contributed by atoms with Crippen LogP contribution < -0.4 is 16.4 Å². The second-order valence-electron chi connectivity index (χ2n) is 5.43. The van der Waals surface area contributed by atoms with Crippen LogP contribution in [0.3, 0.4) is 0 Å². The Kier molecular flexibility index (Phi) is 6.47. The van der Waals surface area contributed by atoms with Crippen molar-refractivity contribution < 1.29 is 19.5 Å². The molecule has 5 N–H and O–H groups in total. The second kappa shape index (κ2) is 7.08. The van der Waals surface area contributed by atoms with Gasteiger partial charge in [0, 0.05) is 0 Å². The van der Waals surface area contributed by atoms with Gasteiger partial charge >= 0.3 is 5.97 Å². The zero-order chi connectivity index (χ0) is 15.2. The van der Waals surface area contributed by atoms with Crippen molar-refractivity contribution in [1.82, 2.24) is 10.6 Å². The van der Waals surface area contributed by atoms with E-state index in [1.165, 1.54) is 13.8 Å². The predicted molar refractivity (Wildman–Crippen MR) is 70.3 cm³/mol. The molecule has 0 aliphatic carbocycles. The summed E-state index contributed by atoms with van der Waals surface area (Å²) >= 11 is 0. The van der Waals surface area contributed by atoms with Gasteiger partial charge in [-0.2, -0.15) is 0 Å². The molecule has 0 heterocycles. The molecule has 2 amide bonds. The van der Waals surface area contributed by atoms with Gasteiger partial charge in [0.15, 0.2) is 0 Å². The van der Waals surface area contributed by atoms with Gasteiger partial charge in [0.1, 0.15) is 12.1 Å². The lowest BCUT2D eigenvalue weighted by Gasteiger charge is -2.26. The van der Waals surface area contributed by atoms with Crippen molar-refractivity contribution >= 4 is 17.8 Å². The standard InChI is InChI=1S/C12H23N3O4/c1-7(2)5-8(13)10(18)15-12(3,4)11(19)14-6-9(16)17/h7-8H,5-6,13H2,1-4H3,(H,14,19)(H,15,18)(H,16,17)/t8-/m0/s1. The smallest absolute Gasteiger partial charge is 0.322 e. The monoisotopic (exact) mass is 273 g/mol. The third-order valence-corrected chi connectivity index (χ3v) is 2.47. The molecular weight excluding hydrogens is 250 g/mol. The molecule has 0 aromatic heterocycles. The Bertz CT molecular complexity index is 353. The molecule has 0 bridgehead atoms. The largest absolute Gasteiger partial charge is 0.480 e. The highest BCUT2D eigenvalue weighted by atomic mass is 16.4. The third-order valence-electron chi connectivity index (χ3n) is 2.47. The molecule has 0 saturated carbocycles. The lowest BCUT2D eigenvalue weighted by molar-refractivity contribution is -0.139. The van der Waals surface area contributed by atoms with Crippen molar-refractivity contribution in [3.8, 4) is 0 Å². The van der Waals surface area contributed by atoms with E-state index in [1.54, 1.807) is 0 Å². The number of carbonyl (C=O) groups excluding carboxylic acids is 2. The van der Waals surface area contributed by atoms with E-state index in [0.29, 0.717) is 6.42 Å². The Morgan fingerprint density at radius 3 is 2.21 bits per heavy atom. The molecular formula is C12H23N3O4. The zero-order valence-corrected chi connectivity index (χ0v) is 11.8. The van der Waals surface area contributed by atoms with Crippen LogP contribution in [0.4, 0.5) is 0 Å². The van der Waals surface area contributed by atoms with Gasteiger partial charge in [-0.25, -0.2) is 0 Å². The first-order valence-electron chi connectivity index (χ1n) is 6.14. The Hall–Kier alpha value is -1.63. The average molecular weight is 273 g/mol. The second-order valence-corrected chi connectivity index (χ2v) is 5.43. The number of amides is 2. The molecule has 0 fully saturated rings. The molecule has 0 unspecified atom stereocenters. The maximum absolute atomic E-state index is 11.8. The summed E-state index contributed by atoms with van der Waals surface area (Å²) < 4.78 is 0. The summed E-state index contributed by atoms with van der Waals surface area (Å²) in [6.07, 6.45) is 0.513. The van der Waals surface area contributed by atoms with Crippen LogP contribution in [0, 0.1) is 5.92 Å². The molecule has 0 saturated heterocycles. The van der Waals surface area contributed by atoms with Crippen molar-refractivity contribution in [2.45, 2.75) is 45.7 Å². The highest BCUT2D eigenvalue weighted by molar-refractivity contribution is 5.93. The molecule has 19 heavy (non-hydrogen) atoms. The van der Waals surface area contributed by atoms with Crippen molar-refractivity contribution in [3.63, 3.8) is 0 Å². The molecule has 0 aromatic rings. The number of hydrogen-bond donors (Lipinski definition) is 4. The van der Waals surface area contributed by atoms with E-state index in [2.05, 4.69) is 10.6 Å². The molecule has 0 radical (unpaired) electrons. The molecule has 0 aliphatic heterocycles.